The molecule has 21 heavy (non-hydrogen) atoms. The zero-order chi connectivity index (χ0) is 16.4. The Morgan fingerprint density at radius 3 is 2.29 bits per heavy atom. The van der Waals surface area contributed by atoms with Gasteiger partial charge in [-0.3, -0.25) is 9.00 Å². The number of carbonyl (C=O) groups is 1. The van der Waals surface area contributed by atoms with Crippen molar-refractivity contribution in [3.8, 4) is 0 Å². The Balaban J connectivity index is 2.71. The second-order valence-electron chi connectivity index (χ2n) is 7.17. The predicted molar refractivity (Wildman–Crippen MR) is 82.3 cm³/mol. The number of nitrogens with one attached hydrogen (secondary N) is 1. The van der Waals surface area contributed by atoms with Crippen molar-refractivity contribution < 1.29 is 13.5 Å². The highest BCUT2D eigenvalue weighted by Crippen LogP contribution is 2.23. The normalized spacial score (nSPS) is 15.6. The number of hydrogen-bond donors (Lipinski definition) is 1. The van der Waals surface area contributed by atoms with Crippen LogP contribution in [-0.4, -0.2) is 31.5 Å². The molecule has 1 aromatic rings. The molecule has 1 rings (SSSR count). The first kappa shape index (κ1) is 17.8. The van der Waals surface area contributed by atoms with Gasteiger partial charge in [0, 0.05) is 21.8 Å². The van der Waals surface area contributed by atoms with Gasteiger partial charge in [-0.05, 0) is 27.7 Å². The number of amides is 1. The van der Waals surface area contributed by atoms with E-state index >= 15 is 0 Å². The van der Waals surface area contributed by atoms with E-state index in [1.807, 2.05) is 41.5 Å². The maximum absolute atomic E-state index is 12.2. The Kier molecular flexibility index (Phi) is 5.30. The number of aromatic nitrogens is 2. The summed E-state index contributed by atoms with van der Waals surface area (Å²) in [6, 6.07) is 0. The molecule has 0 aromatic carbocycles. The van der Waals surface area contributed by atoms with Crippen LogP contribution in [0.15, 0.2) is 4.52 Å². The number of carbonyl (C=O) groups excluding carboxylic acids is 1. The highest BCUT2D eigenvalue weighted by Gasteiger charge is 2.27. The fourth-order valence-corrected chi connectivity index (χ4v) is 2.43. The van der Waals surface area contributed by atoms with Gasteiger partial charge in [0.1, 0.15) is 11.0 Å². The van der Waals surface area contributed by atoms with Crippen LogP contribution in [0.2, 0.25) is 0 Å². The van der Waals surface area contributed by atoms with E-state index in [0.717, 1.165) is 0 Å². The summed E-state index contributed by atoms with van der Waals surface area (Å²) in [4.78, 5) is 16.1. The molecule has 1 aromatic heterocycles. The van der Waals surface area contributed by atoms with Crippen LogP contribution < -0.4 is 5.32 Å². The lowest BCUT2D eigenvalue weighted by Gasteiger charge is -2.20. The smallest absolute Gasteiger partial charge is 0.242 e. The van der Waals surface area contributed by atoms with Crippen LogP contribution >= 0.6 is 0 Å². The summed E-state index contributed by atoms with van der Waals surface area (Å²) >= 11 is 0. The molecule has 1 N–H and O–H groups in total. The van der Waals surface area contributed by atoms with E-state index in [0.29, 0.717) is 11.7 Å². The molecule has 1 heterocycles. The van der Waals surface area contributed by atoms with Gasteiger partial charge in [0.2, 0.25) is 11.8 Å². The predicted octanol–water partition coefficient (Wildman–Crippen LogP) is 2.09. The Morgan fingerprint density at radius 2 is 1.86 bits per heavy atom. The molecule has 0 bridgehead atoms. The first-order valence-corrected chi connectivity index (χ1v) is 8.30. The molecular weight excluding hydrogens is 290 g/mol. The van der Waals surface area contributed by atoms with Gasteiger partial charge < -0.3 is 9.84 Å². The van der Waals surface area contributed by atoms with Crippen LogP contribution in [0.3, 0.4) is 0 Å². The lowest BCUT2D eigenvalue weighted by Crippen LogP contribution is -2.43. The average Bonchev–Trinajstić information content (AvgIpc) is 2.73. The summed E-state index contributed by atoms with van der Waals surface area (Å²) < 4.78 is 17.4. The molecule has 2 atom stereocenters. The third kappa shape index (κ3) is 5.57. The molecule has 7 heteroatoms. The van der Waals surface area contributed by atoms with E-state index in [1.165, 1.54) is 0 Å². The third-order valence-corrected chi connectivity index (χ3v) is 4.18. The highest BCUT2D eigenvalue weighted by molar-refractivity contribution is 7.85. The van der Waals surface area contributed by atoms with Crippen LogP contribution in [-0.2, 0) is 21.0 Å². The molecule has 0 fully saturated rings. The SMILES string of the molecule is C[C@@H](c1nc(C(C)(C)C)no1)[S@](=O)CC(=O)NC(C)(C)C. The van der Waals surface area contributed by atoms with Crippen molar-refractivity contribution in [3.05, 3.63) is 11.7 Å². The van der Waals surface area contributed by atoms with Crippen LogP contribution in [0.5, 0.6) is 0 Å². The standard InChI is InChI=1S/C14H25N3O3S/c1-9(11-15-12(17-20-11)13(2,3)4)21(19)8-10(18)16-14(5,6)7/h9H,8H2,1-7H3,(H,16,18)/t9-,21+/m0/s1. The Bertz CT molecular complexity index is 526. The van der Waals surface area contributed by atoms with Gasteiger partial charge in [0.25, 0.3) is 0 Å². The Morgan fingerprint density at radius 1 is 1.29 bits per heavy atom. The molecule has 120 valence electrons. The fourth-order valence-electron chi connectivity index (χ4n) is 1.53. The summed E-state index contributed by atoms with van der Waals surface area (Å²) in [5.74, 6) is 0.552. The van der Waals surface area contributed by atoms with Gasteiger partial charge in [-0.1, -0.05) is 25.9 Å². The minimum Gasteiger partial charge on any atom is -0.351 e. The Labute approximate surface area is 128 Å². The molecule has 0 aliphatic heterocycles. The van der Waals surface area contributed by atoms with Crippen LogP contribution in [0.4, 0.5) is 0 Å². The monoisotopic (exact) mass is 315 g/mol. The number of rotatable bonds is 4. The molecular formula is C14H25N3O3S. The molecule has 0 spiro atoms. The van der Waals surface area contributed by atoms with Crippen molar-refractivity contribution >= 4 is 16.7 Å². The van der Waals surface area contributed by atoms with E-state index in [2.05, 4.69) is 15.5 Å². The highest BCUT2D eigenvalue weighted by atomic mass is 32.2. The van der Waals surface area contributed by atoms with Gasteiger partial charge in [0.05, 0.1) is 0 Å². The summed E-state index contributed by atoms with van der Waals surface area (Å²) in [7, 11) is -1.40. The maximum atomic E-state index is 12.2. The summed E-state index contributed by atoms with van der Waals surface area (Å²) in [5, 5.41) is 6.22. The molecule has 0 aliphatic rings. The number of nitrogens with zero attached hydrogens (tertiary/aromatic N) is 2. The second kappa shape index (κ2) is 6.25. The molecule has 0 unspecified atom stereocenters. The van der Waals surface area contributed by atoms with Crippen molar-refractivity contribution in [3.63, 3.8) is 0 Å². The van der Waals surface area contributed by atoms with E-state index in [4.69, 9.17) is 4.52 Å². The minimum atomic E-state index is -1.40. The first-order chi connectivity index (χ1) is 9.40. The second-order valence-corrected chi connectivity index (χ2v) is 8.93. The third-order valence-electron chi connectivity index (χ3n) is 2.64. The molecule has 0 radical (unpaired) electrons. The van der Waals surface area contributed by atoms with Crippen molar-refractivity contribution in [2.75, 3.05) is 5.75 Å². The van der Waals surface area contributed by atoms with Crippen molar-refractivity contribution in [2.24, 2.45) is 0 Å². The molecule has 0 saturated carbocycles. The van der Waals surface area contributed by atoms with Crippen LogP contribution in [0.25, 0.3) is 0 Å². The lowest BCUT2D eigenvalue weighted by molar-refractivity contribution is -0.119. The van der Waals surface area contributed by atoms with Gasteiger partial charge in [-0.2, -0.15) is 4.98 Å². The summed E-state index contributed by atoms with van der Waals surface area (Å²) in [6.07, 6.45) is 0. The van der Waals surface area contributed by atoms with Crippen molar-refractivity contribution in [2.45, 2.75) is 64.7 Å². The van der Waals surface area contributed by atoms with E-state index < -0.39 is 16.0 Å². The quantitative estimate of drug-likeness (QED) is 0.919. The zero-order valence-corrected chi connectivity index (χ0v) is 14.6. The maximum Gasteiger partial charge on any atom is 0.242 e. The number of hydrogen-bond acceptors (Lipinski definition) is 5. The van der Waals surface area contributed by atoms with Crippen LogP contribution in [0, 0.1) is 0 Å². The van der Waals surface area contributed by atoms with Crippen LogP contribution in [0.1, 0.15) is 65.4 Å². The minimum absolute atomic E-state index is 0.0777. The molecule has 0 aliphatic carbocycles. The van der Waals surface area contributed by atoms with Crippen molar-refractivity contribution in [1.29, 1.82) is 0 Å². The molecule has 1 amide bonds. The topological polar surface area (TPSA) is 85.1 Å². The van der Waals surface area contributed by atoms with E-state index in [-0.39, 0.29) is 22.6 Å². The summed E-state index contributed by atoms with van der Waals surface area (Å²) in [6.45, 7) is 13.3. The summed E-state index contributed by atoms with van der Waals surface area (Å²) in [5.41, 5.74) is -0.568. The first-order valence-electron chi connectivity index (χ1n) is 6.92. The fraction of sp³-hybridized carbons (Fsp3) is 0.786. The molecule has 6 nitrogen and oxygen atoms in total. The van der Waals surface area contributed by atoms with E-state index in [1.54, 1.807) is 6.92 Å². The van der Waals surface area contributed by atoms with Gasteiger partial charge >= 0.3 is 0 Å². The lowest BCUT2D eigenvalue weighted by atomic mass is 9.96. The van der Waals surface area contributed by atoms with Crippen molar-refractivity contribution in [1.82, 2.24) is 15.5 Å². The van der Waals surface area contributed by atoms with E-state index in [9.17, 15) is 9.00 Å². The van der Waals surface area contributed by atoms with Gasteiger partial charge in [0.15, 0.2) is 5.82 Å². The van der Waals surface area contributed by atoms with Gasteiger partial charge in [-0.25, -0.2) is 0 Å². The zero-order valence-electron chi connectivity index (χ0n) is 13.8. The molecule has 0 saturated heterocycles. The van der Waals surface area contributed by atoms with Gasteiger partial charge in [-0.15, -0.1) is 0 Å². The Hall–Kier alpha value is -1.24. The average molecular weight is 315 g/mol. The largest absolute Gasteiger partial charge is 0.351 e.